The van der Waals surface area contributed by atoms with E-state index in [1.165, 1.54) is 99.8 Å². The van der Waals surface area contributed by atoms with Crippen LogP contribution in [0.2, 0.25) is 0 Å². The van der Waals surface area contributed by atoms with E-state index in [-0.39, 0.29) is 11.3 Å². The number of nitrogens with zero attached hydrogens (tertiary/aromatic N) is 1. The molecule has 8 aromatic carbocycles. The average Bonchev–Trinajstić information content (AvgIpc) is 3.69. The minimum absolute atomic E-state index is 0.0529. The number of hydrogen-bond acceptors (Lipinski definition) is 0. The van der Waals surface area contributed by atoms with E-state index < -0.39 is 0 Å². The topological polar surface area (TPSA) is 4.93 Å². The number of hydrogen-bond donors (Lipinski definition) is 0. The van der Waals surface area contributed by atoms with Gasteiger partial charge in [-0.3, -0.25) is 0 Å². The summed E-state index contributed by atoms with van der Waals surface area (Å²) in [6, 6.07) is 68.1. The van der Waals surface area contributed by atoms with Crippen molar-refractivity contribution in [3.8, 4) is 50.2 Å². The molecule has 2 unspecified atom stereocenters. The Bertz CT molecular complexity index is 2980. The molecular formula is C54H41N. The zero-order valence-electron chi connectivity index (χ0n) is 31.4. The van der Waals surface area contributed by atoms with Crippen molar-refractivity contribution in [3.63, 3.8) is 0 Å². The summed E-state index contributed by atoms with van der Waals surface area (Å²) in [4.78, 5) is 0. The number of fused-ring (bicyclic) bond motifs is 9. The minimum atomic E-state index is -0.0529. The molecule has 9 aromatic rings. The van der Waals surface area contributed by atoms with Crippen LogP contribution in [0.4, 0.5) is 0 Å². The van der Waals surface area contributed by atoms with E-state index in [1.54, 1.807) is 0 Å². The first-order chi connectivity index (χ1) is 27.0. The fourth-order valence-electron chi connectivity index (χ4n) is 10.1. The van der Waals surface area contributed by atoms with E-state index >= 15 is 0 Å². The molecule has 0 N–H and O–H groups in total. The second-order valence-corrected chi connectivity index (χ2v) is 16.1. The third-order valence-electron chi connectivity index (χ3n) is 12.8. The Morgan fingerprint density at radius 2 is 1.09 bits per heavy atom. The van der Waals surface area contributed by atoms with Crippen molar-refractivity contribution < 1.29 is 0 Å². The Labute approximate surface area is 323 Å². The van der Waals surface area contributed by atoms with Gasteiger partial charge in [-0.2, -0.15) is 0 Å². The fraction of sp³-hybridized carbons (Fsp3) is 0.111. The van der Waals surface area contributed by atoms with Crippen molar-refractivity contribution in [1.29, 1.82) is 0 Å². The second kappa shape index (κ2) is 12.0. The van der Waals surface area contributed by atoms with E-state index in [9.17, 15) is 0 Å². The normalized spacial score (nSPS) is 16.4. The van der Waals surface area contributed by atoms with Crippen molar-refractivity contribution in [3.05, 3.63) is 210 Å². The lowest BCUT2D eigenvalue weighted by Crippen LogP contribution is -2.17. The smallest absolute Gasteiger partial charge is 0.0541 e. The highest BCUT2D eigenvalue weighted by Gasteiger charge is 2.36. The van der Waals surface area contributed by atoms with Crippen molar-refractivity contribution in [2.24, 2.45) is 0 Å². The summed E-state index contributed by atoms with van der Waals surface area (Å²) < 4.78 is 2.46. The Balaban J connectivity index is 1.01. The van der Waals surface area contributed by atoms with Gasteiger partial charge >= 0.3 is 0 Å². The van der Waals surface area contributed by atoms with Crippen LogP contribution in [0.3, 0.4) is 0 Å². The lowest BCUT2D eigenvalue weighted by molar-refractivity contribution is 0.650. The van der Waals surface area contributed by atoms with Crippen LogP contribution in [0.25, 0.3) is 72.0 Å². The molecular weight excluding hydrogens is 663 g/mol. The SMILES string of the molecule is CC1c2ccc(-c3ccc4c(c3)c3ccccc3n4-c3ccc4c(c3)C(C)(C)c3ccccc3-4)cc2-c2ccccc2C1c1cccc(-c2ccccc2)c1. The summed E-state index contributed by atoms with van der Waals surface area (Å²) in [6.07, 6.45) is 0. The van der Waals surface area contributed by atoms with Crippen LogP contribution in [0.15, 0.2) is 182 Å². The third kappa shape index (κ3) is 4.79. The molecule has 0 amide bonds. The van der Waals surface area contributed by atoms with E-state index in [0.29, 0.717) is 5.92 Å². The van der Waals surface area contributed by atoms with Gasteiger partial charge in [0, 0.05) is 27.8 Å². The second-order valence-electron chi connectivity index (χ2n) is 16.1. The predicted molar refractivity (Wildman–Crippen MR) is 231 cm³/mol. The molecule has 1 nitrogen and oxygen atoms in total. The molecule has 2 atom stereocenters. The molecule has 2 aliphatic rings. The van der Waals surface area contributed by atoms with Gasteiger partial charge < -0.3 is 4.57 Å². The molecule has 0 radical (unpaired) electrons. The molecule has 0 saturated carbocycles. The number of para-hydroxylation sites is 1. The van der Waals surface area contributed by atoms with Crippen molar-refractivity contribution in [2.45, 2.75) is 38.0 Å². The number of rotatable bonds is 4. The van der Waals surface area contributed by atoms with Gasteiger partial charge in [0.05, 0.1) is 11.0 Å². The zero-order valence-corrected chi connectivity index (χ0v) is 31.4. The highest BCUT2D eigenvalue weighted by atomic mass is 15.0. The standard InChI is InChI=1S/C54H41N/c1-34-41-27-24-37(31-47(41)42-18-7-8-21-46(42)53(34)39-17-13-16-36(30-39)35-14-5-4-6-15-35)38-25-29-52-48(32-38)45-20-10-12-23-51(45)55(52)40-26-28-44-43-19-9-11-22-49(43)54(2,3)50(44)33-40/h4-34,53H,1-3H3. The number of aromatic nitrogens is 1. The van der Waals surface area contributed by atoms with Crippen molar-refractivity contribution in [1.82, 2.24) is 4.57 Å². The van der Waals surface area contributed by atoms with Crippen LogP contribution >= 0.6 is 0 Å². The monoisotopic (exact) mass is 703 g/mol. The first-order valence-corrected chi connectivity index (χ1v) is 19.6. The molecule has 55 heavy (non-hydrogen) atoms. The number of benzene rings is 8. The van der Waals surface area contributed by atoms with E-state index in [4.69, 9.17) is 0 Å². The Kier molecular flexibility index (Phi) is 7.01. The maximum absolute atomic E-state index is 2.46. The van der Waals surface area contributed by atoms with E-state index in [0.717, 1.165) is 0 Å². The molecule has 1 heteroatoms. The van der Waals surface area contributed by atoms with E-state index in [1.807, 2.05) is 0 Å². The van der Waals surface area contributed by atoms with Gasteiger partial charge in [-0.05, 0) is 115 Å². The minimum Gasteiger partial charge on any atom is -0.309 e. The summed E-state index contributed by atoms with van der Waals surface area (Å²) in [6.45, 7) is 7.13. The quantitative estimate of drug-likeness (QED) is 0.172. The zero-order chi connectivity index (χ0) is 36.8. The first-order valence-electron chi connectivity index (χ1n) is 19.6. The summed E-state index contributed by atoms with van der Waals surface area (Å²) >= 11 is 0. The lowest BCUT2D eigenvalue weighted by atomic mass is 9.69. The van der Waals surface area contributed by atoms with Gasteiger partial charge in [0.2, 0.25) is 0 Å². The van der Waals surface area contributed by atoms with Crippen LogP contribution in [0.1, 0.15) is 60.4 Å². The molecule has 0 bridgehead atoms. The molecule has 0 aliphatic heterocycles. The van der Waals surface area contributed by atoms with Gasteiger partial charge in [-0.15, -0.1) is 0 Å². The summed E-state index contributed by atoms with van der Waals surface area (Å²) in [5, 5.41) is 2.56. The molecule has 262 valence electrons. The molecule has 0 fully saturated rings. The van der Waals surface area contributed by atoms with Crippen LogP contribution in [-0.2, 0) is 5.41 Å². The Morgan fingerprint density at radius 3 is 1.98 bits per heavy atom. The van der Waals surface area contributed by atoms with Gasteiger partial charge in [0.15, 0.2) is 0 Å². The van der Waals surface area contributed by atoms with E-state index in [2.05, 4.69) is 207 Å². The first kappa shape index (κ1) is 32.0. The van der Waals surface area contributed by atoms with Gasteiger partial charge in [0.25, 0.3) is 0 Å². The van der Waals surface area contributed by atoms with Crippen LogP contribution in [0.5, 0.6) is 0 Å². The van der Waals surface area contributed by atoms with Crippen LogP contribution < -0.4 is 0 Å². The van der Waals surface area contributed by atoms with Crippen molar-refractivity contribution >= 4 is 21.8 Å². The van der Waals surface area contributed by atoms with Gasteiger partial charge in [-0.1, -0.05) is 166 Å². The highest BCUT2D eigenvalue weighted by molar-refractivity contribution is 6.10. The summed E-state index contributed by atoms with van der Waals surface area (Å²) in [7, 11) is 0. The van der Waals surface area contributed by atoms with Crippen LogP contribution in [-0.4, -0.2) is 4.57 Å². The predicted octanol–water partition coefficient (Wildman–Crippen LogP) is 14.3. The fourth-order valence-corrected chi connectivity index (χ4v) is 10.1. The molecule has 0 saturated heterocycles. The molecule has 2 aliphatic carbocycles. The van der Waals surface area contributed by atoms with Crippen LogP contribution in [0, 0.1) is 0 Å². The third-order valence-corrected chi connectivity index (χ3v) is 12.8. The molecule has 1 heterocycles. The Hall–Kier alpha value is -6.44. The largest absolute Gasteiger partial charge is 0.309 e. The highest BCUT2D eigenvalue weighted by Crippen LogP contribution is 2.52. The van der Waals surface area contributed by atoms with Gasteiger partial charge in [-0.25, -0.2) is 0 Å². The molecule has 1 aromatic heterocycles. The molecule has 0 spiro atoms. The maximum atomic E-state index is 2.46. The average molecular weight is 704 g/mol. The molecule has 11 rings (SSSR count). The maximum Gasteiger partial charge on any atom is 0.0541 e. The lowest BCUT2D eigenvalue weighted by Gasteiger charge is -2.34. The summed E-state index contributed by atoms with van der Waals surface area (Å²) in [5.41, 5.74) is 21.0. The summed E-state index contributed by atoms with van der Waals surface area (Å²) in [5.74, 6) is 0.607. The Morgan fingerprint density at radius 1 is 0.418 bits per heavy atom. The van der Waals surface area contributed by atoms with Crippen molar-refractivity contribution in [2.75, 3.05) is 0 Å². The van der Waals surface area contributed by atoms with Gasteiger partial charge in [0.1, 0.15) is 0 Å².